The number of benzene rings is 1. The molecule has 0 amide bonds. The van der Waals surface area contributed by atoms with E-state index < -0.39 is 12.5 Å². The van der Waals surface area contributed by atoms with Crippen LogP contribution in [0.3, 0.4) is 0 Å². The van der Waals surface area contributed by atoms with Crippen molar-refractivity contribution in [3.63, 3.8) is 0 Å². The van der Waals surface area contributed by atoms with E-state index in [-0.39, 0.29) is 17.0 Å². The fourth-order valence-electron chi connectivity index (χ4n) is 1.66. The molecular weight excluding hydrogens is 308 g/mol. The predicted molar refractivity (Wildman–Crippen MR) is 65.3 cm³/mol. The largest absolute Gasteiger partial charge is 0.382 e. The lowest BCUT2D eigenvalue weighted by Gasteiger charge is -2.09. The lowest BCUT2D eigenvalue weighted by Crippen LogP contribution is -2.09. The zero-order chi connectivity index (χ0) is 13.3. The van der Waals surface area contributed by atoms with E-state index in [9.17, 15) is 13.9 Å². The molecule has 1 aromatic heterocycles. The summed E-state index contributed by atoms with van der Waals surface area (Å²) in [6, 6.07) is 6.91. The second-order valence-corrected chi connectivity index (χ2v) is 4.71. The molecule has 96 valence electrons. The Morgan fingerprint density at radius 3 is 2.44 bits per heavy atom. The molecule has 0 bridgehead atoms. The summed E-state index contributed by atoms with van der Waals surface area (Å²) in [6.07, 6.45) is -4.77. The molecule has 0 fully saturated rings. The summed E-state index contributed by atoms with van der Waals surface area (Å²) in [4.78, 5) is 0. The van der Waals surface area contributed by atoms with Crippen molar-refractivity contribution in [1.29, 1.82) is 0 Å². The van der Waals surface area contributed by atoms with Gasteiger partial charge in [0.2, 0.25) is 0 Å². The number of hydrogen-bond acceptors (Lipinski definition) is 3. The standard InChI is InChI=1S/C12H10BrF2NO2/c1-6-9(10(17)12(14)15)11(18-16-6)7-2-4-8(13)5-3-7/h2-5,10,12,17H,1H3. The third-order valence-corrected chi connectivity index (χ3v) is 3.08. The highest BCUT2D eigenvalue weighted by atomic mass is 79.9. The van der Waals surface area contributed by atoms with Gasteiger partial charge in [-0.05, 0) is 19.1 Å². The maximum Gasteiger partial charge on any atom is 0.268 e. The number of nitrogens with zero attached hydrogens (tertiary/aromatic N) is 1. The van der Waals surface area contributed by atoms with Crippen molar-refractivity contribution in [3.8, 4) is 11.3 Å². The van der Waals surface area contributed by atoms with Crippen molar-refractivity contribution in [2.24, 2.45) is 0 Å². The van der Waals surface area contributed by atoms with Gasteiger partial charge in [-0.2, -0.15) is 0 Å². The van der Waals surface area contributed by atoms with Gasteiger partial charge in [0, 0.05) is 10.0 Å². The molecule has 2 rings (SSSR count). The number of rotatable bonds is 3. The maximum absolute atomic E-state index is 12.6. The van der Waals surface area contributed by atoms with Gasteiger partial charge in [-0.3, -0.25) is 0 Å². The Balaban J connectivity index is 2.49. The highest BCUT2D eigenvalue weighted by Gasteiger charge is 2.28. The molecule has 18 heavy (non-hydrogen) atoms. The van der Waals surface area contributed by atoms with Gasteiger partial charge in [0.1, 0.15) is 6.10 Å². The number of aliphatic hydroxyl groups excluding tert-OH is 1. The first-order valence-corrected chi connectivity index (χ1v) is 5.98. The zero-order valence-electron chi connectivity index (χ0n) is 9.40. The van der Waals surface area contributed by atoms with E-state index in [1.165, 1.54) is 6.92 Å². The molecule has 2 aromatic rings. The lowest BCUT2D eigenvalue weighted by molar-refractivity contribution is -0.00601. The third kappa shape index (κ3) is 2.44. The minimum absolute atomic E-state index is 0.0346. The fraction of sp³-hybridized carbons (Fsp3) is 0.250. The van der Waals surface area contributed by atoms with Gasteiger partial charge in [0.05, 0.1) is 11.3 Å². The fourth-order valence-corrected chi connectivity index (χ4v) is 1.92. The molecule has 1 aromatic carbocycles. The van der Waals surface area contributed by atoms with Crippen molar-refractivity contribution >= 4 is 15.9 Å². The van der Waals surface area contributed by atoms with E-state index in [2.05, 4.69) is 21.1 Å². The predicted octanol–water partition coefficient (Wildman–Crippen LogP) is 3.71. The monoisotopic (exact) mass is 317 g/mol. The van der Waals surface area contributed by atoms with E-state index >= 15 is 0 Å². The van der Waals surface area contributed by atoms with Crippen LogP contribution in [-0.4, -0.2) is 16.7 Å². The van der Waals surface area contributed by atoms with Gasteiger partial charge < -0.3 is 9.63 Å². The molecule has 3 nitrogen and oxygen atoms in total. The summed E-state index contributed by atoms with van der Waals surface area (Å²) in [6.45, 7) is 1.52. The lowest BCUT2D eigenvalue weighted by atomic mass is 10.0. The number of halogens is 3. The van der Waals surface area contributed by atoms with E-state index in [1.54, 1.807) is 24.3 Å². The van der Waals surface area contributed by atoms with E-state index in [0.717, 1.165) is 4.47 Å². The molecule has 0 aliphatic carbocycles. The van der Waals surface area contributed by atoms with Crippen molar-refractivity contribution in [2.45, 2.75) is 19.5 Å². The minimum atomic E-state index is -2.88. The highest BCUT2D eigenvalue weighted by molar-refractivity contribution is 9.10. The average molecular weight is 318 g/mol. The molecule has 1 N–H and O–H groups in total. The average Bonchev–Trinajstić information content (AvgIpc) is 2.71. The van der Waals surface area contributed by atoms with E-state index in [1.807, 2.05) is 0 Å². The summed E-state index contributed by atoms with van der Waals surface area (Å²) in [5.41, 5.74) is 0.890. The SMILES string of the molecule is Cc1noc(-c2ccc(Br)cc2)c1C(O)C(F)F. The summed E-state index contributed by atoms with van der Waals surface area (Å²) in [5, 5.41) is 13.1. The van der Waals surface area contributed by atoms with E-state index in [0.29, 0.717) is 5.56 Å². The van der Waals surface area contributed by atoms with E-state index in [4.69, 9.17) is 4.52 Å². The Morgan fingerprint density at radius 2 is 1.89 bits per heavy atom. The molecule has 6 heteroatoms. The summed E-state index contributed by atoms with van der Waals surface area (Å²) in [7, 11) is 0. The Kier molecular flexibility index (Phi) is 3.77. The maximum atomic E-state index is 12.6. The molecule has 0 saturated carbocycles. The van der Waals surface area contributed by atoms with Crippen molar-refractivity contribution < 1.29 is 18.4 Å². The van der Waals surface area contributed by atoms with Gasteiger partial charge in [-0.1, -0.05) is 33.2 Å². The molecule has 1 atom stereocenters. The Bertz CT molecular complexity index is 540. The molecule has 1 unspecified atom stereocenters. The van der Waals surface area contributed by atoms with Crippen LogP contribution in [0.1, 0.15) is 17.4 Å². The Morgan fingerprint density at radius 1 is 1.28 bits per heavy atom. The van der Waals surface area contributed by atoms with Crippen LogP contribution >= 0.6 is 15.9 Å². The topological polar surface area (TPSA) is 46.3 Å². The van der Waals surface area contributed by atoms with Crippen LogP contribution in [0.25, 0.3) is 11.3 Å². The zero-order valence-corrected chi connectivity index (χ0v) is 11.0. The molecule has 0 saturated heterocycles. The normalized spacial score (nSPS) is 13.0. The number of aliphatic hydroxyl groups is 1. The first kappa shape index (κ1) is 13.2. The van der Waals surface area contributed by atoms with Gasteiger partial charge in [-0.25, -0.2) is 8.78 Å². The highest BCUT2D eigenvalue weighted by Crippen LogP contribution is 2.34. The molecule has 0 aliphatic rings. The van der Waals surface area contributed by atoms with Crippen LogP contribution in [0, 0.1) is 6.92 Å². The first-order chi connectivity index (χ1) is 8.50. The molecule has 0 radical (unpaired) electrons. The molecule has 0 spiro atoms. The Hall–Kier alpha value is -1.27. The molecular formula is C12H10BrF2NO2. The van der Waals surface area contributed by atoms with Gasteiger partial charge in [0.15, 0.2) is 5.76 Å². The van der Waals surface area contributed by atoms with Gasteiger partial charge >= 0.3 is 0 Å². The Labute approximate surface area is 111 Å². The van der Waals surface area contributed by atoms with Crippen molar-refractivity contribution in [1.82, 2.24) is 5.16 Å². The smallest absolute Gasteiger partial charge is 0.268 e. The van der Waals surface area contributed by atoms with Crippen LogP contribution in [0.5, 0.6) is 0 Å². The number of alkyl halides is 2. The second kappa shape index (κ2) is 5.16. The minimum Gasteiger partial charge on any atom is -0.382 e. The summed E-state index contributed by atoms with van der Waals surface area (Å²) >= 11 is 3.28. The van der Waals surface area contributed by atoms with Crippen LogP contribution in [0.15, 0.2) is 33.3 Å². The van der Waals surface area contributed by atoms with Gasteiger partial charge in [0.25, 0.3) is 6.43 Å². The van der Waals surface area contributed by atoms with Gasteiger partial charge in [-0.15, -0.1) is 0 Å². The first-order valence-electron chi connectivity index (χ1n) is 5.19. The number of aromatic nitrogens is 1. The molecule has 0 aliphatic heterocycles. The number of aryl methyl sites for hydroxylation is 1. The number of hydrogen-bond donors (Lipinski definition) is 1. The van der Waals surface area contributed by atoms with Crippen LogP contribution in [0.4, 0.5) is 8.78 Å². The van der Waals surface area contributed by atoms with Crippen LogP contribution < -0.4 is 0 Å². The van der Waals surface area contributed by atoms with Crippen molar-refractivity contribution in [3.05, 3.63) is 40.0 Å². The van der Waals surface area contributed by atoms with Crippen LogP contribution in [0.2, 0.25) is 0 Å². The summed E-state index contributed by atoms with van der Waals surface area (Å²) < 4.78 is 31.1. The summed E-state index contributed by atoms with van der Waals surface area (Å²) in [5.74, 6) is 0.174. The third-order valence-electron chi connectivity index (χ3n) is 2.55. The van der Waals surface area contributed by atoms with Crippen LogP contribution in [-0.2, 0) is 0 Å². The second-order valence-electron chi connectivity index (χ2n) is 3.80. The quantitative estimate of drug-likeness (QED) is 0.938. The van der Waals surface area contributed by atoms with Crippen molar-refractivity contribution in [2.75, 3.05) is 0 Å². The molecule has 1 heterocycles.